The Balaban J connectivity index is 3.59. The van der Waals surface area contributed by atoms with E-state index in [0.29, 0.717) is 5.41 Å². The summed E-state index contributed by atoms with van der Waals surface area (Å²) in [6, 6.07) is 0.735. The van der Waals surface area contributed by atoms with Crippen molar-refractivity contribution in [2.24, 2.45) is 5.41 Å². The summed E-state index contributed by atoms with van der Waals surface area (Å²) in [5.74, 6) is 0. The van der Waals surface area contributed by atoms with E-state index in [9.17, 15) is 0 Å². The van der Waals surface area contributed by atoms with Crippen LogP contribution in [0.3, 0.4) is 0 Å². The summed E-state index contributed by atoms with van der Waals surface area (Å²) in [5, 5.41) is 3.59. The normalized spacial score (nSPS) is 14.5. The van der Waals surface area contributed by atoms with Crippen molar-refractivity contribution in [3.8, 4) is 0 Å². The lowest BCUT2D eigenvalue weighted by atomic mass is 9.88. The van der Waals surface area contributed by atoms with Gasteiger partial charge in [-0.25, -0.2) is 0 Å². The fourth-order valence-electron chi connectivity index (χ4n) is 1.41. The lowest BCUT2D eigenvalue weighted by Gasteiger charge is -2.23. The Morgan fingerprint density at radius 2 is 1.77 bits per heavy atom. The Hall–Kier alpha value is -0.0400. The molecule has 0 radical (unpaired) electrons. The van der Waals surface area contributed by atoms with E-state index in [1.807, 2.05) is 0 Å². The van der Waals surface area contributed by atoms with E-state index in [1.54, 1.807) is 0 Å². The second kappa shape index (κ2) is 6.42. The summed E-state index contributed by atoms with van der Waals surface area (Å²) in [7, 11) is 0. The van der Waals surface area contributed by atoms with Crippen LogP contribution in [-0.4, -0.2) is 12.6 Å². The molecule has 1 nitrogen and oxygen atoms in total. The molecule has 1 heteroatoms. The highest BCUT2D eigenvalue weighted by molar-refractivity contribution is 4.69. The Morgan fingerprint density at radius 3 is 2.15 bits per heavy atom. The first-order chi connectivity index (χ1) is 5.99. The molecule has 0 aromatic heterocycles. The molecule has 1 N–H and O–H groups in total. The maximum absolute atomic E-state index is 3.59. The number of hydrogen-bond donors (Lipinski definition) is 1. The molecule has 0 aliphatic rings. The van der Waals surface area contributed by atoms with E-state index in [1.165, 1.54) is 32.2 Å². The standard InChI is InChI=1S/C12H27N/c1-6-10-13-11(7-2)8-9-12(3,4)5/h11,13H,6-10H2,1-5H3. The van der Waals surface area contributed by atoms with E-state index >= 15 is 0 Å². The molecule has 1 atom stereocenters. The highest BCUT2D eigenvalue weighted by Crippen LogP contribution is 2.22. The van der Waals surface area contributed by atoms with Crippen molar-refractivity contribution >= 4 is 0 Å². The molecule has 0 spiro atoms. The molecule has 0 aliphatic heterocycles. The molecule has 0 aliphatic carbocycles. The van der Waals surface area contributed by atoms with E-state index in [-0.39, 0.29) is 0 Å². The minimum absolute atomic E-state index is 0.487. The minimum Gasteiger partial charge on any atom is -0.314 e. The summed E-state index contributed by atoms with van der Waals surface area (Å²) in [6.07, 6.45) is 5.14. The third-order valence-corrected chi connectivity index (χ3v) is 2.42. The molecule has 0 saturated heterocycles. The molecular formula is C12H27N. The zero-order valence-electron chi connectivity index (χ0n) is 10.1. The SMILES string of the molecule is CCCNC(CC)CCC(C)(C)C. The molecule has 0 aromatic carbocycles. The van der Waals surface area contributed by atoms with Gasteiger partial charge in [0.05, 0.1) is 0 Å². The van der Waals surface area contributed by atoms with Crippen molar-refractivity contribution in [3.05, 3.63) is 0 Å². The van der Waals surface area contributed by atoms with E-state index < -0.39 is 0 Å². The largest absolute Gasteiger partial charge is 0.314 e. The number of hydrogen-bond acceptors (Lipinski definition) is 1. The maximum Gasteiger partial charge on any atom is 0.00646 e. The molecule has 0 fully saturated rings. The van der Waals surface area contributed by atoms with Gasteiger partial charge >= 0.3 is 0 Å². The fourth-order valence-corrected chi connectivity index (χ4v) is 1.41. The second-order valence-electron chi connectivity index (χ2n) is 5.16. The van der Waals surface area contributed by atoms with Crippen LogP contribution in [0.15, 0.2) is 0 Å². The Morgan fingerprint density at radius 1 is 1.15 bits per heavy atom. The van der Waals surface area contributed by atoms with Crippen LogP contribution in [0.2, 0.25) is 0 Å². The first-order valence-corrected chi connectivity index (χ1v) is 5.73. The fraction of sp³-hybridized carbons (Fsp3) is 1.00. The molecule has 1 unspecified atom stereocenters. The average Bonchev–Trinajstić information content (AvgIpc) is 2.03. The summed E-state index contributed by atoms with van der Waals surface area (Å²) in [5.41, 5.74) is 0.487. The van der Waals surface area contributed by atoms with Crippen molar-refractivity contribution < 1.29 is 0 Å². The molecule has 0 saturated carbocycles. The average molecular weight is 185 g/mol. The first-order valence-electron chi connectivity index (χ1n) is 5.73. The molecule has 0 bridgehead atoms. The van der Waals surface area contributed by atoms with Gasteiger partial charge in [-0.05, 0) is 37.6 Å². The predicted molar refractivity (Wildman–Crippen MR) is 61.1 cm³/mol. The summed E-state index contributed by atoms with van der Waals surface area (Å²) in [4.78, 5) is 0. The van der Waals surface area contributed by atoms with Crippen molar-refractivity contribution in [1.82, 2.24) is 5.32 Å². The molecule has 0 aromatic rings. The van der Waals surface area contributed by atoms with E-state index in [0.717, 1.165) is 6.04 Å². The highest BCUT2D eigenvalue weighted by atomic mass is 14.9. The van der Waals surface area contributed by atoms with Crippen molar-refractivity contribution in [2.45, 2.75) is 66.3 Å². The molecular weight excluding hydrogens is 158 g/mol. The summed E-state index contributed by atoms with van der Waals surface area (Å²) in [6.45, 7) is 12.6. The Bertz CT molecular complexity index is 113. The molecule has 0 amide bonds. The van der Waals surface area contributed by atoms with Crippen LogP contribution in [0.1, 0.15) is 60.3 Å². The maximum atomic E-state index is 3.59. The molecule has 0 heterocycles. The molecule has 13 heavy (non-hydrogen) atoms. The Kier molecular flexibility index (Phi) is 6.40. The zero-order valence-corrected chi connectivity index (χ0v) is 10.1. The van der Waals surface area contributed by atoms with Gasteiger partial charge in [0.1, 0.15) is 0 Å². The van der Waals surface area contributed by atoms with E-state index in [2.05, 4.69) is 39.9 Å². The number of rotatable bonds is 6. The zero-order chi connectivity index (χ0) is 10.3. The lowest BCUT2D eigenvalue weighted by molar-refractivity contribution is 0.326. The topological polar surface area (TPSA) is 12.0 Å². The number of nitrogens with one attached hydrogen (secondary N) is 1. The monoisotopic (exact) mass is 185 g/mol. The third kappa shape index (κ3) is 8.29. The van der Waals surface area contributed by atoms with Crippen LogP contribution >= 0.6 is 0 Å². The van der Waals surface area contributed by atoms with Gasteiger partial charge in [-0.15, -0.1) is 0 Å². The smallest absolute Gasteiger partial charge is 0.00646 e. The van der Waals surface area contributed by atoms with E-state index in [4.69, 9.17) is 0 Å². The molecule has 0 rings (SSSR count). The van der Waals surface area contributed by atoms with Gasteiger partial charge in [-0.1, -0.05) is 34.6 Å². The van der Waals surface area contributed by atoms with Crippen LogP contribution in [0.4, 0.5) is 0 Å². The van der Waals surface area contributed by atoms with Crippen molar-refractivity contribution in [2.75, 3.05) is 6.54 Å². The van der Waals surface area contributed by atoms with Gasteiger partial charge in [0.2, 0.25) is 0 Å². The second-order valence-corrected chi connectivity index (χ2v) is 5.16. The Labute approximate surface area is 84.3 Å². The summed E-state index contributed by atoms with van der Waals surface area (Å²) >= 11 is 0. The van der Waals surface area contributed by atoms with Gasteiger partial charge in [0.25, 0.3) is 0 Å². The van der Waals surface area contributed by atoms with Crippen LogP contribution in [0, 0.1) is 5.41 Å². The van der Waals surface area contributed by atoms with Crippen LogP contribution in [0.5, 0.6) is 0 Å². The first kappa shape index (κ1) is 13.0. The quantitative estimate of drug-likeness (QED) is 0.667. The van der Waals surface area contributed by atoms with Gasteiger partial charge in [0.15, 0.2) is 0 Å². The lowest BCUT2D eigenvalue weighted by Crippen LogP contribution is -2.30. The summed E-state index contributed by atoms with van der Waals surface area (Å²) < 4.78 is 0. The minimum atomic E-state index is 0.487. The van der Waals surface area contributed by atoms with Crippen molar-refractivity contribution in [1.29, 1.82) is 0 Å². The van der Waals surface area contributed by atoms with Crippen LogP contribution in [0.25, 0.3) is 0 Å². The molecule has 80 valence electrons. The van der Waals surface area contributed by atoms with Gasteiger partial charge < -0.3 is 5.32 Å². The predicted octanol–water partition coefficient (Wildman–Crippen LogP) is 3.59. The van der Waals surface area contributed by atoms with Gasteiger partial charge in [0, 0.05) is 6.04 Å². The highest BCUT2D eigenvalue weighted by Gasteiger charge is 2.13. The van der Waals surface area contributed by atoms with Gasteiger partial charge in [-0.2, -0.15) is 0 Å². The van der Waals surface area contributed by atoms with Crippen LogP contribution in [-0.2, 0) is 0 Å². The van der Waals surface area contributed by atoms with Gasteiger partial charge in [-0.3, -0.25) is 0 Å². The van der Waals surface area contributed by atoms with Crippen LogP contribution < -0.4 is 5.32 Å². The van der Waals surface area contributed by atoms with Crippen molar-refractivity contribution in [3.63, 3.8) is 0 Å². The third-order valence-electron chi connectivity index (χ3n) is 2.42.